The molecule has 0 bridgehead atoms. The van der Waals surface area contributed by atoms with E-state index < -0.39 is 11.7 Å². The van der Waals surface area contributed by atoms with Crippen LogP contribution in [-0.4, -0.2) is 31.1 Å². The largest absolute Gasteiger partial charge is 0.416 e. The quantitative estimate of drug-likeness (QED) is 0.877. The Bertz CT molecular complexity index is 380. The fourth-order valence-electron chi connectivity index (χ4n) is 2.23. The van der Waals surface area contributed by atoms with Crippen LogP contribution in [0.25, 0.3) is 0 Å². The molecule has 1 aromatic carbocycles. The van der Waals surface area contributed by atoms with Crippen molar-refractivity contribution in [2.45, 2.75) is 19.1 Å². The first-order valence-corrected chi connectivity index (χ1v) is 6.10. The minimum atomic E-state index is -4.25. The first-order chi connectivity index (χ1) is 8.48. The van der Waals surface area contributed by atoms with E-state index >= 15 is 0 Å². The second-order valence-electron chi connectivity index (χ2n) is 4.58. The van der Waals surface area contributed by atoms with Crippen LogP contribution in [0.5, 0.6) is 0 Å². The Morgan fingerprint density at radius 2 is 1.67 bits per heavy atom. The van der Waals surface area contributed by atoms with Gasteiger partial charge in [-0.05, 0) is 24.6 Å². The summed E-state index contributed by atoms with van der Waals surface area (Å²) in [6.07, 6.45) is -4.25. The highest BCUT2D eigenvalue weighted by Crippen LogP contribution is 2.30. The number of piperazine rings is 1. The second-order valence-corrected chi connectivity index (χ2v) is 4.58. The van der Waals surface area contributed by atoms with E-state index in [9.17, 15) is 13.2 Å². The van der Waals surface area contributed by atoms with Crippen molar-refractivity contribution in [3.05, 3.63) is 35.4 Å². The molecule has 2 rings (SSSR count). The van der Waals surface area contributed by atoms with Gasteiger partial charge in [-0.15, -0.1) is 0 Å². The van der Waals surface area contributed by atoms with Crippen molar-refractivity contribution in [2.75, 3.05) is 26.2 Å². The molecule has 2 nitrogen and oxygen atoms in total. The lowest BCUT2D eigenvalue weighted by molar-refractivity contribution is -0.137. The molecule has 18 heavy (non-hydrogen) atoms. The summed E-state index contributed by atoms with van der Waals surface area (Å²) in [5, 5.41) is 3.26. The number of nitrogens with zero attached hydrogens (tertiary/aromatic N) is 1. The van der Waals surface area contributed by atoms with Crippen molar-refractivity contribution < 1.29 is 13.2 Å². The van der Waals surface area contributed by atoms with Crippen LogP contribution in [-0.2, 0) is 6.18 Å². The second kappa shape index (κ2) is 5.28. The van der Waals surface area contributed by atoms with E-state index in [1.165, 1.54) is 0 Å². The molecule has 1 aliphatic heterocycles. The molecule has 0 aromatic heterocycles. The van der Waals surface area contributed by atoms with E-state index in [-0.39, 0.29) is 6.04 Å². The van der Waals surface area contributed by atoms with Gasteiger partial charge in [-0.1, -0.05) is 12.1 Å². The Kier molecular flexibility index (Phi) is 3.92. The predicted molar refractivity (Wildman–Crippen MR) is 64.3 cm³/mol. The van der Waals surface area contributed by atoms with Crippen LogP contribution in [0.1, 0.15) is 24.1 Å². The molecule has 1 heterocycles. The fraction of sp³-hybridized carbons (Fsp3) is 0.538. The van der Waals surface area contributed by atoms with Gasteiger partial charge < -0.3 is 5.32 Å². The average molecular weight is 258 g/mol. The molecule has 100 valence electrons. The van der Waals surface area contributed by atoms with Crippen molar-refractivity contribution in [1.82, 2.24) is 10.2 Å². The van der Waals surface area contributed by atoms with Crippen LogP contribution in [0.15, 0.2) is 24.3 Å². The molecule has 1 N–H and O–H groups in total. The van der Waals surface area contributed by atoms with Crippen molar-refractivity contribution in [2.24, 2.45) is 0 Å². The van der Waals surface area contributed by atoms with Crippen LogP contribution in [0.3, 0.4) is 0 Å². The number of benzene rings is 1. The number of nitrogens with one attached hydrogen (secondary N) is 1. The number of rotatable bonds is 2. The summed E-state index contributed by atoms with van der Waals surface area (Å²) >= 11 is 0. The van der Waals surface area contributed by atoms with Crippen LogP contribution < -0.4 is 5.32 Å². The first kappa shape index (κ1) is 13.4. The molecular weight excluding hydrogens is 241 g/mol. The molecule has 0 spiro atoms. The van der Waals surface area contributed by atoms with Gasteiger partial charge in [0, 0.05) is 32.2 Å². The number of hydrogen-bond donors (Lipinski definition) is 1. The van der Waals surface area contributed by atoms with E-state index in [0.29, 0.717) is 0 Å². The molecule has 5 heteroatoms. The van der Waals surface area contributed by atoms with E-state index in [4.69, 9.17) is 0 Å². The SMILES string of the molecule is CC(c1ccc(C(F)(F)F)cc1)N1CCNCC1. The summed E-state index contributed by atoms with van der Waals surface area (Å²) in [5.74, 6) is 0. The highest BCUT2D eigenvalue weighted by Gasteiger charge is 2.30. The van der Waals surface area contributed by atoms with E-state index in [0.717, 1.165) is 43.9 Å². The zero-order valence-corrected chi connectivity index (χ0v) is 10.3. The molecule has 1 fully saturated rings. The van der Waals surface area contributed by atoms with Crippen molar-refractivity contribution in [3.8, 4) is 0 Å². The van der Waals surface area contributed by atoms with Crippen molar-refractivity contribution in [1.29, 1.82) is 0 Å². The standard InChI is InChI=1S/C13H17F3N2/c1-10(18-8-6-17-7-9-18)11-2-4-12(5-3-11)13(14,15)16/h2-5,10,17H,6-9H2,1H3. The number of hydrogen-bond acceptors (Lipinski definition) is 2. The lowest BCUT2D eigenvalue weighted by Gasteiger charge is -2.33. The Hall–Kier alpha value is -1.07. The first-order valence-electron chi connectivity index (χ1n) is 6.10. The molecule has 1 atom stereocenters. The molecule has 1 aromatic rings. The minimum absolute atomic E-state index is 0.161. The highest BCUT2D eigenvalue weighted by molar-refractivity contribution is 5.26. The molecule has 0 amide bonds. The molecule has 1 unspecified atom stereocenters. The summed E-state index contributed by atoms with van der Waals surface area (Å²) < 4.78 is 37.4. The Morgan fingerprint density at radius 3 is 2.17 bits per heavy atom. The highest BCUT2D eigenvalue weighted by atomic mass is 19.4. The van der Waals surface area contributed by atoms with Gasteiger partial charge >= 0.3 is 6.18 Å². The summed E-state index contributed by atoms with van der Waals surface area (Å²) in [4.78, 5) is 2.28. The van der Waals surface area contributed by atoms with Gasteiger partial charge in [-0.2, -0.15) is 13.2 Å². The third kappa shape index (κ3) is 3.03. The van der Waals surface area contributed by atoms with Crippen LogP contribution in [0, 0.1) is 0 Å². The summed E-state index contributed by atoms with van der Waals surface area (Å²) in [6.45, 7) is 5.77. The Morgan fingerprint density at radius 1 is 1.11 bits per heavy atom. The normalized spacial score (nSPS) is 19.8. The maximum atomic E-state index is 12.5. The fourth-order valence-corrected chi connectivity index (χ4v) is 2.23. The maximum absolute atomic E-state index is 12.5. The zero-order chi connectivity index (χ0) is 13.2. The number of halogens is 3. The van der Waals surface area contributed by atoms with Gasteiger partial charge in [-0.3, -0.25) is 4.90 Å². The van der Waals surface area contributed by atoms with Crippen LogP contribution in [0.2, 0.25) is 0 Å². The summed E-state index contributed by atoms with van der Waals surface area (Å²) in [6, 6.07) is 5.64. The zero-order valence-electron chi connectivity index (χ0n) is 10.3. The van der Waals surface area contributed by atoms with Crippen LogP contribution >= 0.6 is 0 Å². The Labute approximate surface area is 105 Å². The molecular formula is C13H17F3N2. The summed E-state index contributed by atoms with van der Waals surface area (Å²) in [7, 11) is 0. The molecule has 1 saturated heterocycles. The maximum Gasteiger partial charge on any atom is 0.416 e. The lowest BCUT2D eigenvalue weighted by atomic mass is 10.0. The third-order valence-electron chi connectivity index (χ3n) is 3.42. The predicted octanol–water partition coefficient (Wildman–Crippen LogP) is 2.67. The topological polar surface area (TPSA) is 15.3 Å². The van der Waals surface area contributed by atoms with E-state index in [2.05, 4.69) is 10.2 Å². The average Bonchev–Trinajstić information content (AvgIpc) is 2.38. The Balaban J connectivity index is 2.09. The number of alkyl halides is 3. The monoisotopic (exact) mass is 258 g/mol. The van der Waals surface area contributed by atoms with Crippen LogP contribution in [0.4, 0.5) is 13.2 Å². The molecule has 0 radical (unpaired) electrons. The van der Waals surface area contributed by atoms with Gasteiger partial charge in [0.15, 0.2) is 0 Å². The van der Waals surface area contributed by atoms with Crippen molar-refractivity contribution >= 4 is 0 Å². The van der Waals surface area contributed by atoms with Gasteiger partial charge in [0.2, 0.25) is 0 Å². The van der Waals surface area contributed by atoms with Gasteiger partial charge in [0.25, 0.3) is 0 Å². The lowest BCUT2D eigenvalue weighted by Crippen LogP contribution is -2.44. The van der Waals surface area contributed by atoms with Gasteiger partial charge in [-0.25, -0.2) is 0 Å². The van der Waals surface area contributed by atoms with E-state index in [1.54, 1.807) is 12.1 Å². The summed E-state index contributed by atoms with van der Waals surface area (Å²) in [5.41, 5.74) is 0.351. The molecule has 0 aliphatic carbocycles. The minimum Gasteiger partial charge on any atom is -0.314 e. The molecule has 0 saturated carbocycles. The molecule has 1 aliphatic rings. The van der Waals surface area contributed by atoms with Gasteiger partial charge in [0.1, 0.15) is 0 Å². The van der Waals surface area contributed by atoms with Crippen molar-refractivity contribution in [3.63, 3.8) is 0 Å². The van der Waals surface area contributed by atoms with Gasteiger partial charge in [0.05, 0.1) is 5.56 Å². The van der Waals surface area contributed by atoms with E-state index in [1.807, 2.05) is 6.92 Å². The smallest absolute Gasteiger partial charge is 0.314 e. The third-order valence-corrected chi connectivity index (χ3v) is 3.42.